The standard InChI is InChI=1S/C8H16N2/c9-10-4-3-7-1-2-8(5-7)6-10/h7-8H,1-6,9H2. The van der Waals surface area contributed by atoms with Gasteiger partial charge in [-0.05, 0) is 31.1 Å². The van der Waals surface area contributed by atoms with E-state index in [0.29, 0.717) is 0 Å². The predicted octanol–water partition coefficient (Wildman–Crippen LogP) is 0.982. The van der Waals surface area contributed by atoms with E-state index in [2.05, 4.69) is 0 Å². The van der Waals surface area contributed by atoms with E-state index in [1.807, 2.05) is 5.01 Å². The summed E-state index contributed by atoms with van der Waals surface area (Å²) in [6.45, 7) is 2.28. The third kappa shape index (κ3) is 1.18. The maximum Gasteiger partial charge on any atom is 0.0157 e. The van der Waals surface area contributed by atoms with Gasteiger partial charge in [-0.1, -0.05) is 6.42 Å². The van der Waals surface area contributed by atoms with Gasteiger partial charge in [0, 0.05) is 13.1 Å². The second-order valence-electron chi connectivity index (χ2n) is 3.83. The summed E-state index contributed by atoms with van der Waals surface area (Å²) in [7, 11) is 0. The molecule has 2 fully saturated rings. The molecule has 2 heteroatoms. The molecule has 1 aliphatic heterocycles. The predicted molar refractivity (Wildman–Crippen MR) is 41.2 cm³/mol. The highest BCUT2D eigenvalue weighted by atomic mass is 15.4. The summed E-state index contributed by atoms with van der Waals surface area (Å²) in [5.41, 5.74) is 0. The summed E-state index contributed by atoms with van der Waals surface area (Å²) in [5, 5.41) is 2.00. The molecule has 2 unspecified atom stereocenters. The van der Waals surface area contributed by atoms with Crippen molar-refractivity contribution >= 4 is 0 Å². The van der Waals surface area contributed by atoms with Crippen molar-refractivity contribution in [1.82, 2.24) is 5.01 Å². The molecule has 0 aromatic carbocycles. The molecule has 0 amide bonds. The number of nitrogens with two attached hydrogens (primary N) is 1. The first-order valence-electron chi connectivity index (χ1n) is 4.34. The molecule has 0 spiro atoms. The molecule has 2 aliphatic rings. The van der Waals surface area contributed by atoms with Crippen LogP contribution in [-0.2, 0) is 0 Å². The summed E-state index contributed by atoms with van der Waals surface area (Å²) < 4.78 is 0. The molecule has 10 heavy (non-hydrogen) atoms. The van der Waals surface area contributed by atoms with Crippen LogP contribution in [0.2, 0.25) is 0 Å². The molecule has 0 radical (unpaired) electrons. The molecule has 2 atom stereocenters. The molecular formula is C8H16N2. The van der Waals surface area contributed by atoms with Gasteiger partial charge in [0.25, 0.3) is 0 Å². The van der Waals surface area contributed by atoms with Gasteiger partial charge >= 0.3 is 0 Å². The van der Waals surface area contributed by atoms with Crippen molar-refractivity contribution in [1.29, 1.82) is 0 Å². The normalized spacial score (nSPS) is 41.7. The summed E-state index contributed by atoms with van der Waals surface area (Å²) in [6.07, 6.45) is 5.69. The van der Waals surface area contributed by atoms with Gasteiger partial charge in [-0.3, -0.25) is 5.84 Å². The lowest BCUT2D eigenvalue weighted by Crippen LogP contribution is -2.35. The Morgan fingerprint density at radius 1 is 1.10 bits per heavy atom. The highest BCUT2D eigenvalue weighted by Gasteiger charge is 2.28. The first kappa shape index (κ1) is 6.62. The van der Waals surface area contributed by atoms with Crippen LogP contribution >= 0.6 is 0 Å². The van der Waals surface area contributed by atoms with Crippen molar-refractivity contribution in [3.8, 4) is 0 Å². The summed E-state index contributed by atoms with van der Waals surface area (Å²) in [6, 6.07) is 0. The number of rotatable bonds is 0. The third-order valence-corrected chi connectivity index (χ3v) is 2.97. The first-order valence-corrected chi connectivity index (χ1v) is 4.34. The molecule has 2 rings (SSSR count). The van der Waals surface area contributed by atoms with E-state index in [1.165, 1.54) is 25.7 Å². The van der Waals surface area contributed by atoms with E-state index in [-0.39, 0.29) is 0 Å². The van der Waals surface area contributed by atoms with E-state index in [1.54, 1.807) is 0 Å². The lowest BCUT2D eigenvalue weighted by Gasteiger charge is -2.18. The van der Waals surface area contributed by atoms with E-state index < -0.39 is 0 Å². The Morgan fingerprint density at radius 3 is 2.80 bits per heavy atom. The largest absolute Gasteiger partial charge is 0.269 e. The van der Waals surface area contributed by atoms with Crippen molar-refractivity contribution in [2.24, 2.45) is 17.7 Å². The maximum atomic E-state index is 5.75. The second kappa shape index (κ2) is 2.51. The van der Waals surface area contributed by atoms with Crippen LogP contribution in [0.15, 0.2) is 0 Å². The molecule has 2 N–H and O–H groups in total. The fourth-order valence-corrected chi connectivity index (χ4v) is 2.38. The van der Waals surface area contributed by atoms with Gasteiger partial charge in [-0.2, -0.15) is 0 Å². The van der Waals surface area contributed by atoms with E-state index >= 15 is 0 Å². The minimum Gasteiger partial charge on any atom is -0.269 e. The topological polar surface area (TPSA) is 29.3 Å². The third-order valence-electron chi connectivity index (χ3n) is 2.97. The van der Waals surface area contributed by atoms with Crippen molar-refractivity contribution in [2.45, 2.75) is 25.7 Å². The fourth-order valence-electron chi connectivity index (χ4n) is 2.38. The summed E-state index contributed by atoms with van der Waals surface area (Å²) in [5.74, 6) is 7.70. The zero-order valence-corrected chi connectivity index (χ0v) is 6.42. The minimum absolute atomic E-state index is 0.928. The second-order valence-corrected chi connectivity index (χ2v) is 3.83. The SMILES string of the molecule is NN1CCC2CCC(C2)C1. The Hall–Kier alpha value is -0.0800. The maximum absolute atomic E-state index is 5.75. The van der Waals surface area contributed by atoms with Crippen molar-refractivity contribution in [3.63, 3.8) is 0 Å². The fraction of sp³-hybridized carbons (Fsp3) is 1.00. The highest BCUT2D eigenvalue weighted by Crippen LogP contribution is 2.35. The van der Waals surface area contributed by atoms with Crippen LogP contribution in [-0.4, -0.2) is 18.1 Å². The van der Waals surface area contributed by atoms with Gasteiger partial charge in [0.2, 0.25) is 0 Å². The lowest BCUT2D eigenvalue weighted by molar-refractivity contribution is 0.243. The highest BCUT2D eigenvalue weighted by molar-refractivity contribution is 4.80. The van der Waals surface area contributed by atoms with Crippen molar-refractivity contribution in [3.05, 3.63) is 0 Å². The lowest BCUT2D eigenvalue weighted by atomic mass is 10.0. The number of nitrogens with zero attached hydrogens (tertiary/aromatic N) is 1. The van der Waals surface area contributed by atoms with Gasteiger partial charge < -0.3 is 0 Å². The van der Waals surface area contributed by atoms with Crippen LogP contribution in [0.1, 0.15) is 25.7 Å². The van der Waals surface area contributed by atoms with Gasteiger partial charge in [0.15, 0.2) is 0 Å². The zero-order chi connectivity index (χ0) is 6.97. The minimum atomic E-state index is 0.928. The zero-order valence-electron chi connectivity index (χ0n) is 6.42. The number of hydrogen-bond acceptors (Lipinski definition) is 2. The Labute approximate surface area is 62.4 Å². The van der Waals surface area contributed by atoms with Crippen LogP contribution in [0.3, 0.4) is 0 Å². The van der Waals surface area contributed by atoms with Crippen LogP contribution in [0.25, 0.3) is 0 Å². The molecule has 1 saturated heterocycles. The Morgan fingerprint density at radius 2 is 1.90 bits per heavy atom. The quantitative estimate of drug-likeness (QED) is 0.508. The molecule has 0 aromatic heterocycles. The molecule has 58 valence electrons. The van der Waals surface area contributed by atoms with Crippen LogP contribution in [0.5, 0.6) is 0 Å². The first-order chi connectivity index (χ1) is 4.84. The van der Waals surface area contributed by atoms with E-state index in [9.17, 15) is 0 Å². The van der Waals surface area contributed by atoms with Crippen LogP contribution in [0.4, 0.5) is 0 Å². The monoisotopic (exact) mass is 140 g/mol. The number of fused-ring (bicyclic) bond motifs is 2. The average molecular weight is 140 g/mol. The Balaban J connectivity index is 1.99. The molecule has 1 aliphatic carbocycles. The number of hydrazine groups is 1. The van der Waals surface area contributed by atoms with Gasteiger partial charge in [-0.15, -0.1) is 0 Å². The molecular weight excluding hydrogens is 124 g/mol. The average Bonchev–Trinajstić information content (AvgIpc) is 2.22. The Bertz CT molecular complexity index is 124. The molecule has 1 heterocycles. The van der Waals surface area contributed by atoms with Crippen molar-refractivity contribution < 1.29 is 0 Å². The smallest absolute Gasteiger partial charge is 0.0157 e. The van der Waals surface area contributed by atoms with Gasteiger partial charge in [0.05, 0.1) is 0 Å². The van der Waals surface area contributed by atoms with E-state index in [0.717, 1.165) is 24.9 Å². The molecule has 2 bridgehead atoms. The van der Waals surface area contributed by atoms with Gasteiger partial charge in [-0.25, -0.2) is 5.01 Å². The van der Waals surface area contributed by atoms with Crippen LogP contribution < -0.4 is 5.84 Å². The molecule has 2 nitrogen and oxygen atoms in total. The number of hydrogen-bond donors (Lipinski definition) is 1. The summed E-state index contributed by atoms with van der Waals surface area (Å²) >= 11 is 0. The summed E-state index contributed by atoms with van der Waals surface area (Å²) in [4.78, 5) is 0. The van der Waals surface area contributed by atoms with Crippen molar-refractivity contribution in [2.75, 3.05) is 13.1 Å². The molecule has 0 aromatic rings. The Kier molecular flexibility index (Phi) is 1.66. The van der Waals surface area contributed by atoms with E-state index in [4.69, 9.17) is 5.84 Å². The van der Waals surface area contributed by atoms with Gasteiger partial charge in [0.1, 0.15) is 0 Å². The molecule has 1 saturated carbocycles. The van der Waals surface area contributed by atoms with Crippen LogP contribution in [0, 0.1) is 11.8 Å².